The molecule has 0 amide bonds. The fraction of sp³-hybridized carbons (Fsp3) is 0.714. The van der Waals surface area contributed by atoms with Crippen LogP contribution < -0.4 is 5.32 Å². The summed E-state index contributed by atoms with van der Waals surface area (Å²) in [5.41, 5.74) is 0. The number of hydrogen-bond acceptors (Lipinski definition) is 6. The van der Waals surface area contributed by atoms with Crippen LogP contribution in [-0.4, -0.2) is 37.5 Å². The molecule has 1 aromatic rings. The molecular formula is C7H10F3N3O3S. The number of sulfone groups is 1. The van der Waals surface area contributed by atoms with Gasteiger partial charge < -0.3 is 9.84 Å². The topological polar surface area (TPSA) is 85.1 Å². The molecule has 0 aliphatic rings. The molecule has 0 bridgehead atoms. The van der Waals surface area contributed by atoms with E-state index in [0.29, 0.717) is 0 Å². The summed E-state index contributed by atoms with van der Waals surface area (Å²) in [4.78, 5) is 3.63. The summed E-state index contributed by atoms with van der Waals surface area (Å²) in [7, 11) is -3.29. The zero-order chi connectivity index (χ0) is 13.1. The van der Waals surface area contributed by atoms with Crippen molar-refractivity contribution in [1.82, 2.24) is 15.5 Å². The van der Waals surface area contributed by atoms with Gasteiger partial charge in [-0.15, -0.1) is 0 Å². The second kappa shape index (κ2) is 5.00. The predicted molar refractivity (Wildman–Crippen MR) is 50.6 cm³/mol. The minimum atomic E-state index is -4.32. The van der Waals surface area contributed by atoms with Crippen molar-refractivity contribution >= 4 is 9.84 Å². The molecule has 1 N–H and O–H groups in total. The Morgan fingerprint density at radius 1 is 1.41 bits per heavy atom. The van der Waals surface area contributed by atoms with Crippen LogP contribution in [-0.2, 0) is 22.1 Å². The first-order chi connectivity index (χ1) is 7.66. The van der Waals surface area contributed by atoms with Gasteiger partial charge in [0.25, 0.3) is 0 Å². The molecule has 0 unspecified atom stereocenters. The lowest BCUT2D eigenvalue weighted by atomic mass is 10.5. The Labute approximate surface area is 95.1 Å². The normalized spacial score (nSPS) is 12.9. The second-order valence-electron chi connectivity index (χ2n) is 3.39. The lowest BCUT2D eigenvalue weighted by molar-refractivity contribution is -0.125. The Bertz CT molecular complexity index is 468. The molecule has 0 fully saturated rings. The van der Waals surface area contributed by atoms with E-state index in [4.69, 9.17) is 0 Å². The molecule has 0 aliphatic carbocycles. The highest BCUT2D eigenvalue weighted by Crippen LogP contribution is 2.12. The van der Waals surface area contributed by atoms with Gasteiger partial charge in [-0.05, 0) is 0 Å². The second-order valence-corrected chi connectivity index (χ2v) is 5.53. The number of aromatic nitrogens is 2. The minimum absolute atomic E-state index is 0.0729. The van der Waals surface area contributed by atoms with Crippen LogP contribution in [0.4, 0.5) is 13.2 Å². The first-order valence-electron chi connectivity index (χ1n) is 4.42. The summed E-state index contributed by atoms with van der Waals surface area (Å²) in [5, 5.41) is 5.38. The van der Waals surface area contributed by atoms with Gasteiger partial charge in [-0.3, -0.25) is 0 Å². The van der Waals surface area contributed by atoms with Gasteiger partial charge >= 0.3 is 6.18 Å². The molecule has 0 aliphatic heterocycles. The van der Waals surface area contributed by atoms with Crippen molar-refractivity contribution in [3.05, 3.63) is 11.7 Å². The smallest absolute Gasteiger partial charge is 0.338 e. The molecule has 0 saturated heterocycles. The number of hydrogen-bond donors (Lipinski definition) is 1. The van der Waals surface area contributed by atoms with Crippen LogP contribution in [0, 0.1) is 0 Å². The maximum atomic E-state index is 11.8. The van der Waals surface area contributed by atoms with Crippen LogP contribution in [0.5, 0.6) is 0 Å². The van der Waals surface area contributed by atoms with E-state index in [1.165, 1.54) is 0 Å². The summed E-state index contributed by atoms with van der Waals surface area (Å²) >= 11 is 0. The summed E-state index contributed by atoms with van der Waals surface area (Å²) in [5.74, 6) is -0.570. The van der Waals surface area contributed by atoms with Gasteiger partial charge in [-0.1, -0.05) is 5.16 Å². The zero-order valence-corrected chi connectivity index (χ0v) is 9.60. The first-order valence-corrected chi connectivity index (χ1v) is 6.48. The first kappa shape index (κ1) is 13.9. The molecule has 0 saturated carbocycles. The third-order valence-corrected chi connectivity index (χ3v) is 2.29. The van der Waals surface area contributed by atoms with E-state index in [-0.39, 0.29) is 18.3 Å². The minimum Gasteiger partial charge on any atom is -0.338 e. The fourth-order valence-corrected chi connectivity index (χ4v) is 1.55. The van der Waals surface area contributed by atoms with Gasteiger partial charge in [0.05, 0.1) is 13.1 Å². The Hall–Kier alpha value is -1.16. The molecule has 10 heteroatoms. The lowest BCUT2D eigenvalue weighted by Gasteiger charge is -2.05. The Morgan fingerprint density at radius 3 is 2.59 bits per heavy atom. The third kappa shape index (κ3) is 6.22. The molecule has 0 atom stereocenters. The lowest BCUT2D eigenvalue weighted by Crippen LogP contribution is -2.28. The third-order valence-electron chi connectivity index (χ3n) is 1.50. The van der Waals surface area contributed by atoms with E-state index in [1.807, 2.05) is 5.32 Å². The van der Waals surface area contributed by atoms with E-state index in [0.717, 1.165) is 6.26 Å². The van der Waals surface area contributed by atoms with Gasteiger partial charge in [-0.25, -0.2) is 8.42 Å². The molecule has 0 spiro atoms. The number of nitrogens with zero attached hydrogens (tertiary/aromatic N) is 2. The van der Waals surface area contributed by atoms with Gasteiger partial charge in [-0.2, -0.15) is 18.2 Å². The summed E-state index contributed by atoms with van der Waals surface area (Å²) in [6, 6.07) is 0. The Balaban J connectivity index is 2.47. The van der Waals surface area contributed by atoms with Crippen molar-refractivity contribution in [2.75, 3.05) is 12.8 Å². The van der Waals surface area contributed by atoms with Gasteiger partial charge in [0.15, 0.2) is 15.7 Å². The molecule has 1 aromatic heterocycles. The number of nitrogens with one attached hydrogen (secondary N) is 1. The van der Waals surface area contributed by atoms with Crippen LogP contribution in [0.15, 0.2) is 4.52 Å². The number of alkyl halides is 3. The molecule has 17 heavy (non-hydrogen) atoms. The van der Waals surface area contributed by atoms with Gasteiger partial charge in [0.2, 0.25) is 5.89 Å². The van der Waals surface area contributed by atoms with E-state index >= 15 is 0 Å². The summed E-state index contributed by atoms with van der Waals surface area (Å²) in [6.45, 7) is -1.45. The standard InChI is InChI=1S/C7H10F3N3O3S/c1-17(14,15)3-5-12-6(16-13-5)2-11-4-7(8,9)10/h11H,2-4H2,1H3. The summed E-state index contributed by atoms with van der Waals surface area (Å²) < 4.78 is 61.6. The number of rotatable bonds is 5. The molecule has 0 aromatic carbocycles. The summed E-state index contributed by atoms with van der Waals surface area (Å²) in [6.07, 6.45) is -3.33. The van der Waals surface area contributed by atoms with Crippen LogP contribution >= 0.6 is 0 Å². The van der Waals surface area contributed by atoms with Gasteiger partial charge in [0, 0.05) is 6.26 Å². The van der Waals surface area contributed by atoms with Crippen molar-refractivity contribution in [3.63, 3.8) is 0 Å². The fourth-order valence-electron chi connectivity index (χ4n) is 0.966. The molecule has 0 radical (unpaired) electrons. The average Bonchev–Trinajstić information content (AvgIpc) is 2.46. The van der Waals surface area contributed by atoms with Crippen LogP contribution in [0.2, 0.25) is 0 Å². The average molecular weight is 273 g/mol. The Kier molecular flexibility index (Phi) is 4.09. The highest BCUT2D eigenvalue weighted by molar-refractivity contribution is 7.89. The molecule has 1 rings (SSSR count). The highest BCUT2D eigenvalue weighted by atomic mass is 32.2. The van der Waals surface area contributed by atoms with Gasteiger partial charge in [0.1, 0.15) is 5.75 Å². The van der Waals surface area contributed by atoms with E-state index in [1.54, 1.807) is 0 Å². The maximum Gasteiger partial charge on any atom is 0.401 e. The zero-order valence-electron chi connectivity index (χ0n) is 8.78. The molecular weight excluding hydrogens is 263 g/mol. The van der Waals surface area contributed by atoms with Crippen LogP contribution in [0.25, 0.3) is 0 Å². The van der Waals surface area contributed by atoms with Crippen LogP contribution in [0.1, 0.15) is 11.7 Å². The van der Waals surface area contributed by atoms with Crippen molar-refractivity contribution in [2.45, 2.75) is 18.5 Å². The largest absolute Gasteiger partial charge is 0.401 e. The van der Waals surface area contributed by atoms with Crippen molar-refractivity contribution < 1.29 is 26.1 Å². The van der Waals surface area contributed by atoms with E-state index < -0.39 is 28.3 Å². The molecule has 1 heterocycles. The number of halogens is 3. The molecule has 98 valence electrons. The predicted octanol–water partition coefficient (Wildman–Crippen LogP) is 0.266. The Morgan fingerprint density at radius 2 is 2.06 bits per heavy atom. The highest BCUT2D eigenvalue weighted by Gasteiger charge is 2.26. The van der Waals surface area contributed by atoms with E-state index in [2.05, 4.69) is 14.7 Å². The maximum absolute atomic E-state index is 11.8. The van der Waals surface area contributed by atoms with Crippen LogP contribution in [0.3, 0.4) is 0 Å². The monoisotopic (exact) mass is 273 g/mol. The van der Waals surface area contributed by atoms with Crippen molar-refractivity contribution in [1.29, 1.82) is 0 Å². The SMILES string of the molecule is CS(=O)(=O)Cc1noc(CNCC(F)(F)F)n1. The van der Waals surface area contributed by atoms with Crippen molar-refractivity contribution in [2.24, 2.45) is 0 Å². The molecule has 6 nitrogen and oxygen atoms in total. The van der Waals surface area contributed by atoms with Crippen molar-refractivity contribution in [3.8, 4) is 0 Å². The van der Waals surface area contributed by atoms with E-state index in [9.17, 15) is 21.6 Å². The quantitative estimate of drug-likeness (QED) is 0.828.